The van der Waals surface area contributed by atoms with E-state index in [1.54, 1.807) is 0 Å². The molecule has 0 bridgehead atoms. The average Bonchev–Trinajstić information content (AvgIpc) is 2.30. The molecule has 1 aromatic carbocycles. The van der Waals surface area contributed by atoms with Gasteiger partial charge in [-0.1, -0.05) is 25.5 Å². The van der Waals surface area contributed by atoms with Gasteiger partial charge in [-0.15, -0.1) is 0 Å². The van der Waals surface area contributed by atoms with Crippen LogP contribution >= 0.6 is 0 Å². The molecule has 0 fully saturated rings. The first-order valence-corrected chi connectivity index (χ1v) is 5.82. The number of aliphatic hydroxyl groups is 1. The molecule has 0 aliphatic rings. The lowest BCUT2D eigenvalue weighted by Gasteiger charge is -2.27. The van der Waals surface area contributed by atoms with Gasteiger partial charge in [0.1, 0.15) is 11.4 Å². The van der Waals surface area contributed by atoms with Crippen molar-refractivity contribution in [3.05, 3.63) is 29.8 Å². The Balaban J connectivity index is 2.96. The number of hydrogen-bond acceptors (Lipinski definition) is 3. The van der Waals surface area contributed by atoms with Gasteiger partial charge in [-0.05, 0) is 31.0 Å². The van der Waals surface area contributed by atoms with Crippen molar-refractivity contribution in [2.75, 3.05) is 13.2 Å². The zero-order valence-corrected chi connectivity index (χ0v) is 10.1. The smallest absolute Gasteiger partial charge is 0.119 e. The van der Waals surface area contributed by atoms with Crippen molar-refractivity contribution in [1.82, 2.24) is 0 Å². The fraction of sp³-hybridized carbons (Fsp3) is 0.538. The van der Waals surface area contributed by atoms with Crippen LogP contribution in [0, 0.1) is 0 Å². The van der Waals surface area contributed by atoms with Crippen molar-refractivity contribution in [3.8, 4) is 5.75 Å². The summed E-state index contributed by atoms with van der Waals surface area (Å²) in [7, 11) is 0. The molecule has 0 amide bonds. The van der Waals surface area contributed by atoms with Crippen LogP contribution in [-0.4, -0.2) is 18.3 Å². The Bertz CT molecular complexity index is 327. The predicted octanol–water partition coefficient (Wildman–Crippen LogP) is 2.03. The summed E-state index contributed by atoms with van der Waals surface area (Å²) in [5.41, 5.74) is 5.57. The summed E-state index contributed by atoms with van der Waals surface area (Å²) in [5.74, 6) is 0.781. The normalized spacial score (nSPS) is 14.5. The van der Waals surface area contributed by atoms with Gasteiger partial charge in [-0.25, -0.2) is 0 Å². The molecule has 0 aliphatic carbocycles. The highest BCUT2D eigenvalue weighted by Crippen LogP contribution is 2.28. The Labute approximate surface area is 97.2 Å². The first-order valence-electron chi connectivity index (χ1n) is 5.82. The summed E-state index contributed by atoms with van der Waals surface area (Å²) in [6.07, 6.45) is 1.56. The summed E-state index contributed by atoms with van der Waals surface area (Å²) >= 11 is 0. The lowest BCUT2D eigenvalue weighted by molar-refractivity contribution is 0.0357. The van der Waals surface area contributed by atoms with Crippen LogP contribution in [0.3, 0.4) is 0 Å². The van der Waals surface area contributed by atoms with Crippen LogP contribution < -0.4 is 10.5 Å². The van der Waals surface area contributed by atoms with Crippen molar-refractivity contribution < 1.29 is 9.84 Å². The molecule has 1 rings (SSSR count). The zero-order chi connectivity index (χ0) is 12.0. The highest BCUT2D eigenvalue weighted by molar-refractivity contribution is 5.32. The molecule has 1 atom stereocenters. The number of nitrogens with two attached hydrogens (primary N) is 1. The predicted molar refractivity (Wildman–Crippen MR) is 65.5 cm³/mol. The molecular formula is C13H21NO2. The molecule has 3 N–H and O–H groups in total. The number of hydrogen-bond donors (Lipinski definition) is 2. The van der Waals surface area contributed by atoms with E-state index in [0.717, 1.165) is 17.7 Å². The molecule has 1 aromatic rings. The minimum Gasteiger partial charge on any atom is -0.494 e. The molecule has 90 valence electrons. The molecule has 0 saturated carbocycles. The Morgan fingerprint density at radius 3 is 2.69 bits per heavy atom. The maximum Gasteiger partial charge on any atom is 0.119 e. The maximum atomic E-state index is 10.4. The van der Waals surface area contributed by atoms with E-state index in [2.05, 4.69) is 0 Å². The second kappa shape index (κ2) is 5.87. The molecule has 0 aromatic heterocycles. The molecule has 16 heavy (non-hydrogen) atoms. The quantitative estimate of drug-likeness (QED) is 0.776. The van der Waals surface area contributed by atoms with Gasteiger partial charge >= 0.3 is 0 Å². The third-order valence-corrected chi connectivity index (χ3v) is 2.68. The number of rotatable bonds is 6. The molecule has 3 heteroatoms. The molecule has 1 unspecified atom stereocenters. The largest absolute Gasteiger partial charge is 0.494 e. The van der Waals surface area contributed by atoms with Gasteiger partial charge in [-0.3, -0.25) is 0 Å². The van der Waals surface area contributed by atoms with E-state index < -0.39 is 5.60 Å². The van der Waals surface area contributed by atoms with Crippen LogP contribution in [0.4, 0.5) is 0 Å². The fourth-order valence-corrected chi connectivity index (χ4v) is 1.82. The van der Waals surface area contributed by atoms with Crippen LogP contribution in [-0.2, 0) is 5.60 Å². The minimum atomic E-state index is -0.929. The van der Waals surface area contributed by atoms with E-state index >= 15 is 0 Å². The summed E-state index contributed by atoms with van der Waals surface area (Å²) in [5, 5.41) is 10.4. The van der Waals surface area contributed by atoms with Crippen molar-refractivity contribution >= 4 is 0 Å². The molecule has 0 saturated heterocycles. The Hall–Kier alpha value is -1.06. The second-order valence-corrected chi connectivity index (χ2v) is 3.95. The van der Waals surface area contributed by atoms with Crippen molar-refractivity contribution in [1.29, 1.82) is 0 Å². The lowest BCUT2D eigenvalue weighted by atomic mass is 9.89. The Morgan fingerprint density at radius 2 is 2.12 bits per heavy atom. The average molecular weight is 223 g/mol. The molecule has 0 aliphatic heterocycles. The molecule has 0 heterocycles. The Kier molecular flexibility index (Phi) is 4.77. The van der Waals surface area contributed by atoms with Gasteiger partial charge < -0.3 is 15.6 Å². The molecule has 3 nitrogen and oxygen atoms in total. The lowest BCUT2D eigenvalue weighted by Crippen LogP contribution is -2.34. The van der Waals surface area contributed by atoms with E-state index in [1.807, 2.05) is 38.1 Å². The van der Waals surface area contributed by atoms with Gasteiger partial charge in [0.05, 0.1) is 6.61 Å². The van der Waals surface area contributed by atoms with E-state index in [1.165, 1.54) is 0 Å². The molecule has 0 radical (unpaired) electrons. The monoisotopic (exact) mass is 223 g/mol. The van der Waals surface area contributed by atoms with Crippen LogP contribution in [0.1, 0.15) is 32.3 Å². The SMILES string of the molecule is CCCC(O)(CN)c1cccc(OCC)c1. The van der Waals surface area contributed by atoms with Gasteiger partial charge in [0.25, 0.3) is 0 Å². The van der Waals surface area contributed by atoms with Crippen LogP contribution in [0.2, 0.25) is 0 Å². The van der Waals surface area contributed by atoms with Crippen molar-refractivity contribution in [2.45, 2.75) is 32.3 Å². The summed E-state index contributed by atoms with van der Waals surface area (Å²) in [4.78, 5) is 0. The van der Waals surface area contributed by atoms with Crippen LogP contribution in [0.25, 0.3) is 0 Å². The Morgan fingerprint density at radius 1 is 1.38 bits per heavy atom. The third-order valence-electron chi connectivity index (χ3n) is 2.68. The van der Waals surface area contributed by atoms with Crippen molar-refractivity contribution in [2.24, 2.45) is 5.73 Å². The van der Waals surface area contributed by atoms with Crippen LogP contribution in [0.15, 0.2) is 24.3 Å². The van der Waals surface area contributed by atoms with Gasteiger partial charge in [-0.2, -0.15) is 0 Å². The maximum absolute atomic E-state index is 10.4. The van der Waals surface area contributed by atoms with E-state index in [4.69, 9.17) is 10.5 Å². The van der Waals surface area contributed by atoms with E-state index in [-0.39, 0.29) is 6.54 Å². The zero-order valence-electron chi connectivity index (χ0n) is 10.1. The fourth-order valence-electron chi connectivity index (χ4n) is 1.82. The third kappa shape index (κ3) is 2.97. The standard InChI is InChI=1S/C13H21NO2/c1-3-8-13(15,10-14)11-6-5-7-12(9-11)16-4-2/h5-7,9,15H,3-4,8,10,14H2,1-2H3. The van der Waals surface area contributed by atoms with E-state index in [9.17, 15) is 5.11 Å². The first kappa shape index (κ1) is 13.0. The van der Waals surface area contributed by atoms with Gasteiger partial charge in [0.15, 0.2) is 0 Å². The van der Waals surface area contributed by atoms with E-state index in [0.29, 0.717) is 13.0 Å². The molecular weight excluding hydrogens is 202 g/mol. The number of ether oxygens (including phenoxy) is 1. The number of benzene rings is 1. The topological polar surface area (TPSA) is 55.5 Å². The molecule has 0 spiro atoms. The summed E-state index contributed by atoms with van der Waals surface area (Å²) in [6.45, 7) is 4.83. The van der Waals surface area contributed by atoms with Gasteiger partial charge in [0, 0.05) is 6.54 Å². The summed E-state index contributed by atoms with van der Waals surface area (Å²) < 4.78 is 5.41. The summed E-state index contributed by atoms with van der Waals surface area (Å²) in [6, 6.07) is 7.53. The second-order valence-electron chi connectivity index (χ2n) is 3.95. The highest BCUT2D eigenvalue weighted by atomic mass is 16.5. The van der Waals surface area contributed by atoms with Crippen LogP contribution in [0.5, 0.6) is 5.75 Å². The minimum absolute atomic E-state index is 0.233. The highest BCUT2D eigenvalue weighted by Gasteiger charge is 2.26. The van der Waals surface area contributed by atoms with Gasteiger partial charge in [0.2, 0.25) is 0 Å². The van der Waals surface area contributed by atoms with Crippen molar-refractivity contribution in [3.63, 3.8) is 0 Å². The first-order chi connectivity index (χ1) is 7.66.